The number of ether oxygens (including phenoxy) is 1. The van der Waals surface area contributed by atoms with Crippen LogP contribution in [0.4, 0.5) is 4.79 Å². The second-order valence-corrected chi connectivity index (χ2v) is 7.73. The van der Waals surface area contributed by atoms with Gasteiger partial charge in [0, 0.05) is 49.4 Å². The minimum Gasteiger partial charge on any atom is -0.379 e. The summed E-state index contributed by atoms with van der Waals surface area (Å²) in [5, 5.41) is 4.06. The van der Waals surface area contributed by atoms with Crippen LogP contribution < -0.4 is 5.32 Å². The van der Waals surface area contributed by atoms with Gasteiger partial charge in [-0.15, -0.1) is 11.3 Å². The summed E-state index contributed by atoms with van der Waals surface area (Å²) in [6.45, 7) is 6.85. The van der Waals surface area contributed by atoms with Crippen molar-refractivity contribution in [3.8, 4) is 10.6 Å². The number of hydrogen-bond acceptors (Lipinski definition) is 5. The molecule has 0 bridgehead atoms. The minimum atomic E-state index is -0.0552. The molecular weight excluding hydrogens is 348 g/mol. The molecule has 0 aliphatic carbocycles. The first-order chi connectivity index (χ1) is 12.6. The Bertz CT molecular complexity index is 701. The van der Waals surface area contributed by atoms with Gasteiger partial charge in [-0.1, -0.05) is 30.3 Å². The van der Waals surface area contributed by atoms with Gasteiger partial charge < -0.3 is 15.0 Å². The molecule has 0 radical (unpaired) electrons. The Labute approximate surface area is 158 Å². The molecule has 26 heavy (non-hydrogen) atoms. The van der Waals surface area contributed by atoms with E-state index in [2.05, 4.69) is 15.2 Å². The van der Waals surface area contributed by atoms with E-state index in [-0.39, 0.29) is 12.1 Å². The first kappa shape index (κ1) is 18.8. The van der Waals surface area contributed by atoms with Gasteiger partial charge in [-0.05, 0) is 6.92 Å². The van der Waals surface area contributed by atoms with Crippen LogP contribution in [0.2, 0.25) is 0 Å². The highest BCUT2D eigenvalue weighted by Crippen LogP contribution is 2.25. The predicted molar refractivity (Wildman–Crippen MR) is 104 cm³/mol. The van der Waals surface area contributed by atoms with E-state index in [0.29, 0.717) is 6.54 Å². The van der Waals surface area contributed by atoms with Crippen molar-refractivity contribution >= 4 is 17.4 Å². The second kappa shape index (κ2) is 9.12. The van der Waals surface area contributed by atoms with Crippen molar-refractivity contribution in [2.24, 2.45) is 0 Å². The van der Waals surface area contributed by atoms with Crippen LogP contribution in [0, 0.1) is 0 Å². The van der Waals surface area contributed by atoms with Gasteiger partial charge in [-0.2, -0.15) is 0 Å². The maximum atomic E-state index is 12.4. The third-order valence-corrected chi connectivity index (χ3v) is 5.35. The maximum absolute atomic E-state index is 12.4. The fraction of sp³-hybridized carbons (Fsp3) is 0.474. The molecule has 1 aliphatic heterocycles. The van der Waals surface area contributed by atoms with E-state index in [1.165, 1.54) is 0 Å². The van der Waals surface area contributed by atoms with Crippen molar-refractivity contribution in [2.45, 2.75) is 19.5 Å². The largest absolute Gasteiger partial charge is 0.379 e. The maximum Gasteiger partial charge on any atom is 0.317 e. The summed E-state index contributed by atoms with van der Waals surface area (Å²) in [7, 11) is 1.82. The van der Waals surface area contributed by atoms with Crippen LogP contribution in [0.5, 0.6) is 0 Å². The summed E-state index contributed by atoms with van der Waals surface area (Å²) in [4.78, 5) is 22.0. The zero-order valence-corrected chi connectivity index (χ0v) is 16.2. The van der Waals surface area contributed by atoms with Crippen molar-refractivity contribution in [3.63, 3.8) is 0 Å². The minimum absolute atomic E-state index is 0.0552. The van der Waals surface area contributed by atoms with Gasteiger partial charge >= 0.3 is 6.03 Å². The number of carbonyl (C=O) groups excluding carboxylic acids is 1. The van der Waals surface area contributed by atoms with Crippen LogP contribution in [-0.2, 0) is 11.3 Å². The normalized spacial score (nSPS) is 16.2. The molecule has 0 saturated carbocycles. The number of thiazole rings is 1. The van der Waals surface area contributed by atoms with Crippen LogP contribution in [0.3, 0.4) is 0 Å². The summed E-state index contributed by atoms with van der Waals surface area (Å²) in [5.41, 5.74) is 1.11. The molecule has 2 aromatic rings. The molecule has 3 rings (SSSR count). The van der Waals surface area contributed by atoms with Crippen LogP contribution in [-0.4, -0.2) is 66.8 Å². The van der Waals surface area contributed by atoms with E-state index in [4.69, 9.17) is 4.74 Å². The number of aromatic nitrogens is 1. The third-order valence-electron chi connectivity index (χ3n) is 4.32. The predicted octanol–water partition coefficient (Wildman–Crippen LogP) is 2.67. The molecule has 7 heteroatoms. The molecule has 1 N–H and O–H groups in total. The summed E-state index contributed by atoms with van der Waals surface area (Å²) in [5.74, 6) is 0. The van der Waals surface area contributed by atoms with Crippen molar-refractivity contribution in [1.82, 2.24) is 20.1 Å². The van der Waals surface area contributed by atoms with Gasteiger partial charge in [0.15, 0.2) is 0 Å². The first-order valence-corrected chi connectivity index (χ1v) is 9.75. The SMILES string of the molecule is C[C@@H](CN1CCOCC1)NC(=O)N(C)Cc1cnc(-c2ccccc2)s1. The number of carbonyl (C=O) groups is 1. The molecule has 0 spiro atoms. The Morgan fingerprint density at radius 1 is 1.35 bits per heavy atom. The number of urea groups is 1. The zero-order chi connectivity index (χ0) is 18.4. The van der Waals surface area contributed by atoms with Crippen molar-refractivity contribution in [2.75, 3.05) is 39.9 Å². The summed E-state index contributed by atoms with van der Waals surface area (Å²) in [6.07, 6.45) is 1.86. The zero-order valence-electron chi connectivity index (χ0n) is 15.4. The molecule has 1 fully saturated rings. The molecule has 0 unspecified atom stereocenters. The average molecular weight is 375 g/mol. The number of benzene rings is 1. The van der Waals surface area contributed by atoms with Gasteiger partial charge in [-0.25, -0.2) is 9.78 Å². The third kappa shape index (κ3) is 5.27. The number of rotatable bonds is 6. The Kier molecular flexibility index (Phi) is 6.60. The van der Waals surface area contributed by atoms with Crippen LogP contribution in [0.25, 0.3) is 10.6 Å². The van der Waals surface area contributed by atoms with E-state index in [9.17, 15) is 4.79 Å². The molecule has 2 heterocycles. The highest BCUT2D eigenvalue weighted by molar-refractivity contribution is 7.15. The summed E-state index contributed by atoms with van der Waals surface area (Å²) < 4.78 is 5.36. The molecule has 1 aliphatic rings. The molecular formula is C19H26N4O2S. The number of hydrogen-bond donors (Lipinski definition) is 1. The molecule has 6 nitrogen and oxygen atoms in total. The summed E-state index contributed by atoms with van der Waals surface area (Å²) in [6, 6.07) is 10.1. The molecule has 1 aromatic heterocycles. The van der Waals surface area contributed by atoms with E-state index in [1.807, 2.05) is 50.5 Å². The number of morpholine rings is 1. The van der Waals surface area contributed by atoms with E-state index >= 15 is 0 Å². The van der Waals surface area contributed by atoms with Crippen molar-refractivity contribution in [1.29, 1.82) is 0 Å². The lowest BCUT2D eigenvalue weighted by Gasteiger charge is -2.30. The Morgan fingerprint density at radius 2 is 2.08 bits per heavy atom. The van der Waals surface area contributed by atoms with Gasteiger partial charge in [0.05, 0.1) is 19.8 Å². The molecule has 1 saturated heterocycles. The fourth-order valence-corrected chi connectivity index (χ4v) is 3.91. The van der Waals surface area contributed by atoms with E-state index in [1.54, 1.807) is 16.2 Å². The van der Waals surface area contributed by atoms with Gasteiger partial charge in [-0.3, -0.25) is 4.90 Å². The lowest BCUT2D eigenvalue weighted by atomic mass is 10.2. The van der Waals surface area contributed by atoms with Crippen molar-refractivity contribution in [3.05, 3.63) is 41.4 Å². The molecule has 1 aromatic carbocycles. The van der Waals surface area contributed by atoms with Gasteiger partial charge in [0.2, 0.25) is 0 Å². The lowest BCUT2D eigenvalue weighted by Crippen LogP contribution is -2.48. The smallest absolute Gasteiger partial charge is 0.317 e. The Balaban J connectivity index is 1.48. The number of nitrogens with zero attached hydrogens (tertiary/aromatic N) is 3. The van der Waals surface area contributed by atoms with Gasteiger partial charge in [0.1, 0.15) is 5.01 Å². The monoisotopic (exact) mass is 374 g/mol. The quantitative estimate of drug-likeness (QED) is 0.845. The highest BCUT2D eigenvalue weighted by atomic mass is 32.1. The average Bonchev–Trinajstić information content (AvgIpc) is 3.11. The van der Waals surface area contributed by atoms with Crippen molar-refractivity contribution < 1.29 is 9.53 Å². The van der Waals surface area contributed by atoms with E-state index < -0.39 is 0 Å². The van der Waals surface area contributed by atoms with Crippen LogP contribution in [0.15, 0.2) is 36.5 Å². The second-order valence-electron chi connectivity index (χ2n) is 6.62. The standard InChI is InChI=1S/C19H26N4O2S/c1-15(13-23-8-10-25-11-9-23)21-19(24)22(2)14-17-12-20-18(26-17)16-6-4-3-5-7-16/h3-7,12,15H,8-11,13-14H2,1-2H3,(H,21,24)/t15-/m0/s1. The van der Waals surface area contributed by atoms with Crippen LogP contribution in [0.1, 0.15) is 11.8 Å². The first-order valence-electron chi connectivity index (χ1n) is 8.93. The van der Waals surface area contributed by atoms with Gasteiger partial charge in [0.25, 0.3) is 0 Å². The Hall–Kier alpha value is -1.96. The Morgan fingerprint density at radius 3 is 2.81 bits per heavy atom. The van der Waals surface area contributed by atoms with Crippen LogP contribution >= 0.6 is 11.3 Å². The fourth-order valence-electron chi connectivity index (χ4n) is 2.94. The topological polar surface area (TPSA) is 57.7 Å². The molecule has 140 valence electrons. The summed E-state index contributed by atoms with van der Waals surface area (Å²) >= 11 is 1.62. The highest BCUT2D eigenvalue weighted by Gasteiger charge is 2.17. The number of nitrogens with one attached hydrogen (secondary N) is 1. The molecule has 2 amide bonds. The lowest BCUT2D eigenvalue weighted by molar-refractivity contribution is 0.0347. The molecule has 1 atom stereocenters. The number of amides is 2. The van der Waals surface area contributed by atoms with E-state index in [0.717, 1.165) is 48.3 Å².